The Morgan fingerprint density at radius 3 is 1.27 bits per heavy atom. The van der Waals surface area contributed by atoms with Crippen molar-refractivity contribution in [3.63, 3.8) is 0 Å². The van der Waals surface area contributed by atoms with Gasteiger partial charge in [-0.15, -0.1) is 0 Å². The van der Waals surface area contributed by atoms with Crippen LogP contribution in [0.25, 0.3) is 0 Å². The molecule has 0 atom stereocenters. The fourth-order valence-corrected chi connectivity index (χ4v) is 5.31. The van der Waals surface area contributed by atoms with Crippen LogP contribution in [0.2, 0.25) is 0 Å². The van der Waals surface area contributed by atoms with Gasteiger partial charge in [0, 0.05) is 0 Å². The Kier molecular flexibility index (Phi) is 6.18. The minimum atomic E-state index is -1.75. The van der Waals surface area contributed by atoms with E-state index >= 15 is 0 Å². The summed E-state index contributed by atoms with van der Waals surface area (Å²) in [6, 6.07) is 0. The van der Waals surface area contributed by atoms with Crippen LogP contribution in [0.4, 0.5) is 0 Å². The summed E-state index contributed by atoms with van der Waals surface area (Å²) >= 11 is 0. The van der Waals surface area contributed by atoms with Gasteiger partial charge >= 0.3 is 70.9 Å². The predicted octanol–water partition coefficient (Wildman–Crippen LogP) is 2.87. The molecule has 2 heteroatoms. The molecule has 0 bridgehead atoms. The van der Waals surface area contributed by atoms with Crippen molar-refractivity contribution in [1.29, 1.82) is 0 Å². The second kappa shape index (κ2) is 5.97. The molecule has 70 valence electrons. The van der Waals surface area contributed by atoms with Gasteiger partial charge in [0.15, 0.2) is 0 Å². The molecular formula is C9H23OP. The van der Waals surface area contributed by atoms with Crippen LogP contribution < -0.4 is 0 Å². The average molecular weight is 178 g/mol. The van der Waals surface area contributed by atoms with E-state index in [1.54, 1.807) is 0 Å². The summed E-state index contributed by atoms with van der Waals surface area (Å²) < 4.78 is 0. The second-order valence-corrected chi connectivity index (χ2v) is 7.42. The van der Waals surface area contributed by atoms with E-state index < -0.39 is 7.49 Å². The molecule has 0 aliphatic heterocycles. The van der Waals surface area contributed by atoms with Crippen LogP contribution in [0.1, 0.15) is 40.0 Å². The maximum absolute atomic E-state index is 10.2. The molecule has 0 unspecified atom stereocenters. The van der Waals surface area contributed by atoms with Crippen LogP contribution in [0.15, 0.2) is 0 Å². The second-order valence-electron chi connectivity index (χ2n) is 3.47. The van der Waals surface area contributed by atoms with E-state index in [0.717, 1.165) is 37.7 Å². The van der Waals surface area contributed by atoms with E-state index in [0.29, 0.717) is 0 Å². The third kappa shape index (κ3) is 4.76. The van der Waals surface area contributed by atoms with Gasteiger partial charge in [-0.1, -0.05) is 0 Å². The molecule has 0 spiro atoms. The van der Waals surface area contributed by atoms with E-state index in [9.17, 15) is 4.89 Å². The monoisotopic (exact) mass is 178 g/mol. The van der Waals surface area contributed by atoms with E-state index in [1.807, 2.05) is 0 Å². The van der Waals surface area contributed by atoms with Gasteiger partial charge < -0.3 is 0 Å². The van der Waals surface area contributed by atoms with Crippen molar-refractivity contribution in [3.05, 3.63) is 0 Å². The zero-order valence-electron chi connectivity index (χ0n) is 8.19. The molecular weight excluding hydrogens is 155 g/mol. The van der Waals surface area contributed by atoms with Gasteiger partial charge in [0.05, 0.1) is 0 Å². The zero-order chi connectivity index (χ0) is 8.74. The van der Waals surface area contributed by atoms with Crippen molar-refractivity contribution < 1.29 is 4.89 Å². The van der Waals surface area contributed by atoms with Crippen LogP contribution in [0.5, 0.6) is 0 Å². The molecule has 0 fully saturated rings. The van der Waals surface area contributed by atoms with Gasteiger partial charge in [-0.25, -0.2) is 0 Å². The number of hydrogen-bond donors (Lipinski definition) is 1. The molecule has 1 N–H and O–H groups in total. The zero-order valence-corrected chi connectivity index (χ0v) is 9.19. The summed E-state index contributed by atoms with van der Waals surface area (Å²) in [5, 5.41) is 0. The summed E-state index contributed by atoms with van der Waals surface area (Å²) in [6.07, 6.45) is 6.78. The van der Waals surface area contributed by atoms with Crippen molar-refractivity contribution in [2.45, 2.75) is 40.0 Å². The van der Waals surface area contributed by atoms with Gasteiger partial charge in [-0.05, 0) is 0 Å². The quantitative estimate of drug-likeness (QED) is 0.620. The third-order valence-corrected chi connectivity index (χ3v) is 6.44. The van der Waals surface area contributed by atoms with Crippen LogP contribution in [0, 0.1) is 0 Å². The molecule has 0 saturated heterocycles. The van der Waals surface area contributed by atoms with Crippen molar-refractivity contribution in [1.82, 2.24) is 0 Å². The third-order valence-electron chi connectivity index (χ3n) is 2.15. The minimum absolute atomic E-state index is 1.11. The Morgan fingerprint density at radius 1 is 0.818 bits per heavy atom. The maximum atomic E-state index is 10.2. The molecule has 0 heterocycles. The van der Waals surface area contributed by atoms with E-state index in [2.05, 4.69) is 20.8 Å². The molecule has 11 heavy (non-hydrogen) atoms. The molecule has 0 aromatic rings. The van der Waals surface area contributed by atoms with E-state index in [4.69, 9.17) is 0 Å². The average Bonchev–Trinajstić information content (AvgIpc) is 1.88. The molecule has 0 aliphatic carbocycles. The Labute approximate surface area is 71.6 Å². The van der Waals surface area contributed by atoms with Crippen molar-refractivity contribution in [3.8, 4) is 0 Å². The summed E-state index contributed by atoms with van der Waals surface area (Å²) in [4.78, 5) is 10.2. The van der Waals surface area contributed by atoms with Crippen molar-refractivity contribution in [2.24, 2.45) is 0 Å². The normalized spacial score (nSPS) is 13.5. The van der Waals surface area contributed by atoms with Gasteiger partial charge in [0.2, 0.25) is 0 Å². The first kappa shape index (κ1) is 11.4. The summed E-state index contributed by atoms with van der Waals surface area (Å²) in [6.45, 7) is 6.51. The van der Waals surface area contributed by atoms with Gasteiger partial charge in [0.25, 0.3) is 0 Å². The molecule has 0 aromatic heterocycles. The summed E-state index contributed by atoms with van der Waals surface area (Å²) in [5.74, 6) is 0. The topological polar surface area (TPSA) is 20.2 Å². The van der Waals surface area contributed by atoms with Gasteiger partial charge in [-0.3, -0.25) is 0 Å². The SMILES string of the molecule is CCC[PH](O)(CCC)CCC. The Morgan fingerprint density at radius 2 is 1.09 bits per heavy atom. The Balaban J connectivity index is 3.79. The van der Waals surface area contributed by atoms with Crippen molar-refractivity contribution >= 4 is 7.49 Å². The Hall–Kier alpha value is 0.390. The molecule has 0 aliphatic rings. The van der Waals surface area contributed by atoms with Crippen LogP contribution >= 0.6 is 7.49 Å². The van der Waals surface area contributed by atoms with Crippen LogP contribution in [-0.4, -0.2) is 23.4 Å². The van der Waals surface area contributed by atoms with E-state index in [1.165, 1.54) is 0 Å². The van der Waals surface area contributed by atoms with Crippen LogP contribution in [-0.2, 0) is 0 Å². The molecule has 0 aromatic carbocycles. The molecule has 1 nitrogen and oxygen atoms in total. The molecule has 0 amide bonds. The van der Waals surface area contributed by atoms with E-state index in [-0.39, 0.29) is 0 Å². The predicted molar refractivity (Wildman–Crippen MR) is 56.0 cm³/mol. The number of rotatable bonds is 6. The number of hydrogen-bond acceptors (Lipinski definition) is 1. The summed E-state index contributed by atoms with van der Waals surface area (Å²) in [5.41, 5.74) is 0. The first-order chi connectivity index (χ1) is 5.18. The van der Waals surface area contributed by atoms with Crippen LogP contribution in [0.3, 0.4) is 0 Å². The molecule has 0 radical (unpaired) electrons. The molecule has 0 rings (SSSR count). The first-order valence-corrected chi connectivity index (χ1v) is 7.47. The fourth-order valence-electron chi connectivity index (χ4n) is 1.77. The fraction of sp³-hybridized carbons (Fsp3) is 1.00. The summed E-state index contributed by atoms with van der Waals surface area (Å²) in [7, 11) is -1.75. The molecule has 0 saturated carbocycles. The van der Waals surface area contributed by atoms with Gasteiger partial charge in [-0.2, -0.15) is 0 Å². The first-order valence-electron chi connectivity index (χ1n) is 4.91. The Bertz CT molecular complexity index is 76.5. The van der Waals surface area contributed by atoms with Gasteiger partial charge in [0.1, 0.15) is 0 Å². The van der Waals surface area contributed by atoms with Crippen molar-refractivity contribution in [2.75, 3.05) is 18.5 Å². The standard InChI is InChI=1S/C9H23OP/c1-4-7-11(10,8-5-2)9-6-3/h10-11H,4-9H2,1-3H3.